The molecule has 1 saturated heterocycles. The number of hydrogen-bond acceptors (Lipinski definition) is 7. The third-order valence-corrected chi connectivity index (χ3v) is 8.00. The molecule has 0 amide bonds. The van der Waals surface area contributed by atoms with Crippen LogP contribution in [0.2, 0.25) is 0 Å². The maximum absolute atomic E-state index is 14.0. The minimum Gasteiger partial charge on any atom is -0.393 e. The molecule has 0 aromatic rings. The van der Waals surface area contributed by atoms with E-state index in [9.17, 15) is 57.9 Å². The Balaban J connectivity index is 3.11. The number of carbonyl (C=O) groups is 2. The number of nitrogens with zero attached hydrogens (tertiary/aromatic N) is 1. The van der Waals surface area contributed by atoms with Crippen molar-refractivity contribution in [2.45, 2.75) is 55.6 Å². The number of hydrogen-bond donors (Lipinski definition) is 2. The summed E-state index contributed by atoms with van der Waals surface area (Å²) in [6, 6.07) is 0. The van der Waals surface area contributed by atoms with Crippen LogP contribution in [0.5, 0.6) is 0 Å². The monoisotopic (exact) mass is 521 g/mol. The topological polar surface area (TPSA) is 146 Å². The minimum absolute atomic E-state index is 0.0821. The van der Waals surface area contributed by atoms with E-state index in [1.165, 1.54) is 13.8 Å². The molecule has 1 aliphatic rings. The lowest BCUT2D eigenvalue weighted by atomic mass is 9.84. The van der Waals surface area contributed by atoms with Gasteiger partial charge in [-0.2, -0.15) is 39.1 Å². The van der Waals surface area contributed by atoms with Gasteiger partial charge in [-0.15, -0.1) is 0 Å². The summed E-state index contributed by atoms with van der Waals surface area (Å²) in [4.78, 5) is 24.4. The van der Waals surface area contributed by atoms with Crippen molar-refractivity contribution in [1.29, 1.82) is 0 Å². The van der Waals surface area contributed by atoms with Crippen LogP contribution in [-0.2, 0) is 29.7 Å². The number of aliphatic hydroxyl groups excluding tert-OH is 1. The second-order valence-electron chi connectivity index (χ2n) is 7.25. The summed E-state index contributed by atoms with van der Waals surface area (Å²) in [6.45, 7) is 0.669. The van der Waals surface area contributed by atoms with Crippen LogP contribution in [0.15, 0.2) is 0 Å². The van der Waals surface area contributed by atoms with Gasteiger partial charge in [0.25, 0.3) is 10.0 Å². The van der Waals surface area contributed by atoms with Crippen LogP contribution in [-0.4, -0.2) is 78.0 Å². The minimum atomic E-state index is -7.13. The lowest BCUT2D eigenvalue weighted by molar-refractivity contribution is -0.247. The van der Waals surface area contributed by atoms with E-state index in [0.717, 1.165) is 0 Å². The zero-order valence-corrected chi connectivity index (χ0v) is 18.3. The van der Waals surface area contributed by atoms with Gasteiger partial charge in [0.1, 0.15) is 0 Å². The summed E-state index contributed by atoms with van der Waals surface area (Å²) in [6.07, 6.45) is -2.31. The summed E-state index contributed by atoms with van der Waals surface area (Å²) in [5.41, 5.74) is 0. The van der Waals surface area contributed by atoms with E-state index in [1.54, 1.807) is 0 Å². The predicted molar refractivity (Wildman–Crippen MR) is 95.1 cm³/mol. The highest BCUT2D eigenvalue weighted by Crippen LogP contribution is 2.51. The van der Waals surface area contributed by atoms with Crippen LogP contribution in [0.25, 0.3) is 0 Å². The highest BCUT2D eigenvalue weighted by atomic mass is 32.2. The fourth-order valence-corrected chi connectivity index (χ4v) is 5.13. The summed E-state index contributed by atoms with van der Waals surface area (Å²) < 4.78 is 135. The number of halogens is 6. The normalized spacial score (nSPS) is 20.1. The molecule has 2 N–H and O–H groups in total. The first-order valence-electron chi connectivity index (χ1n) is 9.04. The molecule has 32 heavy (non-hydrogen) atoms. The Labute approximate surface area is 179 Å². The van der Waals surface area contributed by atoms with Crippen LogP contribution < -0.4 is 0 Å². The second-order valence-corrected chi connectivity index (χ2v) is 10.7. The summed E-state index contributed by atoms with van der Waals surface area (Å²) in [5.74, 6) is -11.4. The van der Waals surface area contributed by atoms with Crippen molar-refractivity contribution in [2.75, 3.05) is 13.1 Å². The molecule has 0 bridgehead atoms. The Bertz CT molecular complexity index is 943. The van der Waals surface area contributed by atoms with Crippen LogP contribution in [0.1, 0.15) is 33.1 Å². The maximum Gasteiger partial charge on any atom is 0.439 e. The number of sulfonamides is 1. The van der Waals surface area contributed by atoms with Crippen LogP contribution >= 0.6 is 0 Å². The molecule has 0 aromatic heterocycles. The van der Waals surface area contributed by atoms with E-state index < -0.39 is 92.0 Å². The van der Waals surface area contributed by atoms with E-state index in [1.807, 2.05) is 0 Å². The highest BCUT2D eigenvalue weighted by Gasteiger charge is 2.82. The Morgan fingerprint density at radius 3 is 1.78 bits per heavy atom. The standard InChI is InChI=1S/C15H21F6NO8S2/c1-3-10(8(2)23)12(25)11(24)9-4-6-22(7-5-9)31(26,27)14(18,19)13(16,17)15(20,21)32(28,29)30/h8-10,23H,3-7H2,1-2H3,(H,28,29,30). The first-order valence-corrected chi connectivity index (χ1v) is 11.9. The van der Waals surface area contributed by atoms with Crippen molar-refractivity contribution in [3.05, 3.63) is 0 Å². The predicted octanol–water partition coefficient (Wildman–Crippen LogP) is 1.28. The molecule has 0 spiro atoms. The molecule has 0 aromatic carbocycles. The molecule has 0 radical (unpaired) electrons. The number of rotatable bonds is 10. The molecule has 1 heterocycles. The molecule has 0 aliphatic carbocycles. The third kappa shape index (κ3) is 4.67. The average Bonchev–Trinajstić information content (AvgIpc) is 2.66. The largest absolute Gasteiger partial charge is 0.439 e. The molecule has 17 heteroatoms. The van der Waals surface area contributed by atoms with Gasteiger partial charge in [-0.05, 0) is 26.2 Å². The quantitative estimate of drug-likeness (QED) is 0.248. The molecule has 1 aliphatic heterocycles. The van der Waals surface area contributed by atoms with E-state index in [-0.39, 0.29) is 10.7 Å². The van der Waals surface area contributed by atoms with Crippen LogP contribution in [0.3, 0.4) is 0 Å². The average molecular weight is 521 g/mol. The first kappa shape index (κ1) is 28.7. The van der Waals surface area contributed by atoms with E-state index in [4.69, 9.17) is 4.55 Å². The Hall–Kier alpha value is -1.30. The highest BCUT2D eigenvalue weighted by molar-refractivity contribution is 7.90. The Morgan fingerprint density at radius 2 is 1.44 bits per heavy atom. The fourth-order valence-electron chi connectivity index (χ4n) is 3.14. The molecule has 1 rings (SSSR count). The van der Waals surface area contributed by atoms with Crippen LogP contribution in [0.4, 0.5) is 26.3 Å². The molecular formula is C15H21F6NO8S2. The molecular weight excluding hydrogens is 500 g/mol. The van der Waals surface area contributed by atoms with Crippen molar-refractivity contribution >= 4 is 31.7 Å². The van der Waals surface area contributed by atoms with Gasteiger partial charge in [-0.25, -0.2) is 8.42 Å². The van der Waals surface area contributed by atoms with Gasteiger partial charge in [-0.1, -0.05) is 6.92 Å². The van der Waals surface area contributed by atoms with E-state index in [2.05, 4.69) is 0 Å². The zero-order valence-electron chi connectivity index (χ0n) is 16.6. The lowest BCUT2D eigenvalue weighted by Crippen LogP contribution is -2.63. The third-order valence-electron chi connectivity index (χ3n) is 5.15. The van der Waals surface area contributed by atoms with Crippen molar-refractivity contribution in [3.63, 3.8) is 0 Å². The smallest absolute Gasteiger partial charge is 0.393 e. The number of Topliss-reactive ketones (excluding diaryl/α,β-unsaturated/α-hetero) is 2. The molecule has 2 atom stereocenters. The van der Waals surface area contributed by atoms with Gasteiger partial charge in [0.05, 0.1) is 12.0 Å². The van der Waals surface area contributed by atoms with E-state index in [0.29, 0.717) is 0 Å². The SMILES string of the molecule is CCC(C(=O)C(=O)C1CCN(S(=O)(=O)C(F)(F)C(F)(F)C(F)(F)S(=O)(=O)O)CC1)C(C)O. The number of ketones is 2. The number of piperidine rings is 1. The van der Waals surface area contributed by atoms with Crippen molar-refractivity contribution in [1.82, 2.24) is 4.31 Å². The lowest BCUT2D eigenvalue weighted by Gasteiger charge is -2.36. The molecule has 2 unspecified atom stereocenters. The van der Waals surface area contributed by atoms with Gasteiger partial charge < -0.3 is 5.11 Å². The van der Waals surface area contributed by atoms with Crippen molar-refractivity contribution in [2.24, 2.45) is 11.8 Å². The molecule has 0 saturated carbocycles. The molecule has 9 nitrogen and oxygen atoms in total. The fraction of sp³-hybridized carbons (Fsp3) is 0.867. The second kappa shape index (κ2) is 9.15. The number of alkyl halides is 6. The zero-order chi connectivity index (χ0) is 25.5. The van der Waals surface area contributed by atoms with Crippen molar-refractivity contribution < 1.29 is 62.4 Å². The van der Waals surface area contributed by atoms with Gasteiger partial charge in [0.2, 0.25) is 11.6 Å². The number of carbonyl (C=O) groups excluding carboxylic acids is 2. The van der Waals surface area contributed by atoms with E-state index >= 15 is 0 Å². The summed E-state index contributed by atoms with van der Waals surface area (Å²) in [7, 11) is -13.7. The van der Waals surface area contributed by atoms with Gasteiger partial charge in [-0.3, -0.25) is 14.1 Å². The Morgan fingerprint density at radius 1 is 1.00 bits per heavy atom. The van der Waals surface area contributed by atoms with Crippen molar-refractivity contribution in [3.8, 4) is 0 Å². The van der Waals surface area contributed by atoms with Gasteiger partial charge >= 0.3 is 26.5 Å². The van der Waals surface area contributed by atoms with Crippen LogP contribution in [0, 0.1) is 11.8 Å². The van der Waals surface area contributed by atoms with Gasteiger partial charge in [0, 0.05) is 19.0 Å². The summed E-state index contributed by atoms with van der Waals surface area (Å²) in [5, 5.41) is -3.97. The maximum atomic E-state index is 14.0. The first-order chi connectivity index (χ1) is 14.2. The van der Waals surface area contributed by atoms with Gasteiger partial charge in [0.15, 0.2) is 0 Å². The molecule has 1 fully saturated rings. The Kier molecular flexibility index (Phi) is 8.22. The summed E-state index contributed by atoms with van der Waals surface area (Å²) >= 11 is 0. The molecule has 188 valence electrons. The number of aliphatic hydroxyl groups is 1.